The summed E-state index contributed by atoms with van der Waals surface area (Å²) in [5.74, 6) is -1.71. The number of imide groups is 1. The van der Waals surface area contributed by atoms with E-state index in [1.165, 1.54) is 10.5 Å². The average molecular weight is 373 g/mol. The third kappa shape index (κ3) is 2.96. The van der Waals surface area contributed by atoms with Gasteiger partial charge in [-0.05, 0) is 25.3 Å². The van der Waals surface area contributed by atoms with Gasteiger partial charge in [-0.3, -0.25) is 14.5 Å². The van der Waals surface area contributed by atoms with Crippen molar-refractivity contribution in [3.8, 4) is 0 Å². The molecule has 0 bridgehead atoms. The Balaban J connectivity index is 2.04. The molecule has 2 saturated heterocycles. The van der Waals surface area contributed by atoms with Crippen molar-refractivity contribution in [2.45, 2.75) is 52.1 Å². The second-order valence-electron chi connectivity index (χ2n) is 7.94. The molecule has 0 spiro atoms. The maximum atomic E-state index is 13.0. The Morgan fingerprint density at radius 3 is 2.33 bits per heavy atom. The molecule has 1 aromatic carbocycles. The first-order valence-corrected chi connectivity index (χ1v) is 9.74. The van der Waals surface area contributed by atoms with Crippen LogP contribution in [0.4, 0.5) is 0 Å². The number of fused-ring (bicyclic) bond motifs is 1. The third-order valence-corrected chi connectivity index (χ3v) is 6.02. The Bertz CT molecular complexity index is 758. The normalized spacial score (nSPS) is 30.1. The van der Waals surface area contributed by atoms with Crippen LogP contribution in [0.15, 0.2) is 24.3 Å². The first-order valence-electron chi connectivity index (χ1n) is 9.74. The number of nitrogens with two attached hydrogens (primary N) is 1. The van der Waals surface area contributed by atoms with Gasteiger partial charge in [0.15, 0.2) is 0 Å². The summed E-state index contributed by atoms with van der Waals surface area (Å²) in [6.07, 6.45) is 0. The molecule has 2 aliphatic rings. The summed E-state index contributed by atoms with van der Waals surface area (Å²) in [4.78, 5) is 40.0. The molecule has 146 valence electrons. The maximum Gasteiger partial charge on any atom is 0.368 e. The number of hydrogen-bond acceptors (Lipinski definition) is 4. The number of benzene rings is 1. The zero-order valence-electron chi connectivity index (χ0n) is 16.7. The van der Waals surface area contributed by atoms with Gasteiger partial charge in [0.1, 0.15) is 17.9 Å². The van der Waals surface area contributed by atoms with Gasteiger partial charge in [0.25, 0.3) is 0 Å². The second kappa shape index (κ2) is 7.08. The summed E-state index contributed by atoms with van der Waals surface area (Å²) in [6.45, 7) is 10.1. The molecule has 27 heavy (non-hydrogen) atoms. The summed E-state index contributed by atoms with van der Waals surface area (Å²) in [7, 11) is 0. The van der Waals surface area contributed by atoms with E-state index >= 15 is 0 Å². The molecule has 0 unspecified atom stereocenters. The quantitative estimate of drug-likeness (QED) is 0.624. The number of esters is 1. The van der Waals surface area contributed by atoms with Crippen molar-refractivity contribution in [3.63, 3.8) is 0 Å². The molecular weight excluding hydrogens is 344 g/mol. The smallest absolute Gasteiger partial charge is 0.368 e. The Morgan fingerprint density at radius 2 is 1.81 bits per heavy atom. The molecule has 2 amide bonds. The lowest BCUT2D eigenvalue weighted by atomic mass is 9.80. The van der Waals surface area contributed by atoms with Gasteiger partial charge in [-0.15, -0.1) is 0 Å². The van der Waals surface area contributed by atoms with E-state index in [0.29, 0.717) is 12.5 Å². The SMILES string of the molecule is CCOC(=O)[C@]1(C)[NH2+][C@@H](c2ccc(C(C)C)cc2)[C@@H]2C(=O)N(CC)C(=O)[C@H]21. The van der Waals surface area contributed by atoms with Crippen LogP contribution in [0.3, 0.4) is 0 Å². The van der Waals surface area contributed by atoms with Crippen molar-refractivity contribution >= 4 is 17.8 Å². The summed E-state index contributed by atoms with van der Waals surface area (Å²) in [5.41, 5.74) is 1.07. The maximum absolute atomic E-state index is 13.0. The van der Waals surface area contributed by atoms with E-state index in [1.807, 2.05) is 17.4 Å². The molecule has 4 atom stereocenters. The van der Waals surface area contributed by atoms with Gasteiger partial charge < -0.3 is 10.1 Å². The van der Waals surface area contributed by atoms with Crippen molar-refractivity contribution in [2.75, 3.05) is 13.2 Å². The lowest BCUT2D eigenvalue weighted by Gasteiger charge is -2.25. The number of amides is 2. The number of nitrogens with zero attached hydrogens (tertiary/aromatic N) is 1. The Kier molecular flexibility index (Phi) is 5.12. The molecule has 0 radical (unpaired) electrons. The van der Waals surface area contributed by atoms with Crippen LogP contribution in [-0.2, 0) is 19.1 Å². The second-order valence-corrected chi connectivity index (χ2v) is 7.94. The molecule has 0 aliphatic carbocycles. The molecule has 2 N–H and O–H groups in total. The third-order valence-electron chi connectivity index (χ3n) is 6.02. The minimum Gasteiger partial charge on any atom is -0.461 e. The van der Waals surface area contributed by atoms with E-state index in [4.69, 9.17) is 4.74 Å². The van der Waals surface area contributed by atoms with Crippen molar-refractivity contribution < 1.29 is 24.4 Å². The van der Waals surface area contributed by atoms with Gasteiger partial charge >= 0.3 is 5.97 Å². The Labute approximate surface area is 160 Å². The molecule has 0 saturated carbocycles. The summed E-state index contributed by atoms with van der Waals surface area (Å²) in [5, 5.41) is 1.87. The number of rotatable bonds is 5. The zero-order chi connectivity index (χ0) is 19.9. The Morgan fingerprint density at radius 1 is 1.19 bits per heavy atom. The van der Waals surface area contributed by atoms with E-state index in [9.17, 15) is 14.4 Å². The fourth-order valence-electron chi connectivity index (χ4n) is 4.52. The first-order chi connectivity index (χ1) is 12.8. The number of quaternary nitrogens is 1. The number of likely N-dealkylation sites (tertiary alicyclic amines) is 1. The summed E-state index contributed by atoms with van der Waals surface area (Å²) >= 11 is 0. The topological polar surface area (TPSA) is 80.3 Å². The molecule has 3 rings (SSSR count). The van der Waals surface area contributed by atoms with Gasteiger partial charge in [0.05, 0.1) is 6.61 Å². The highest BCUT2D eigenvalue weighted by Gasteiger charge is 2.70. The van der Waals surface area contributed by atoms with Crippen LogP contribution < -0.4 is 5.32 Å². The van der Waals surface area contributed by atoms with E-state index in [0.717, 1.165) is 5.56 Å². The van der Waals surface area contributed by atoms with Crippen LogP contribution in [0.2, 0.25) is 0 Å². The number of carbonyl (C=O) groups excluding carboxylic acids is 3. The number of ether oxygens (including phenoxy) is 1. The van der Waals surface area contributed by atoms with Gasteiger partial charge in [-0.1, -0.05) is 38.1 Å². The van der Waals surface area contributed by atoms with Crippen LogP contribution in [0.1, 0.15) is 57.7 Å². The minimum atomic E-state index is -1.10. The van der Waals surface area contributed by atoms with Gasteiger partial charge in [-0.2, -0.15) is 0 Å². The van der Waals surface area contributed by atoms with Crippen LogP contribution >= 0.6 is 0 Å². The summed E-state index contributed by atoms with van der Waals surface area (Å²) in [6, 6.07) is 7.86. The number of carbonyl (C=O) groups is 3. The molecule has 6 heteroatoms. The highest BCUT2D eigenvalue weighted by molar-refractivity contribution is 6.08. The van der Waals surface area contributed by atoms with E-state index < -0.39 is 23.3 Å². The van der Waals surface area contributed by atoms with Crippen molar-refractivity contribution in [1.29, 1.82) is 0 Å². The zero-order valence-corrected chi connectivity index (χ0v) is 16.7. The molecular formula is C21H29N2O4+. The lowest BCUT2D eigenvalue weighted by Crippen LogP contribution is -2.97. The van der Waals surface area contributed by atoms with Crippen LogP contribution in [-0.4, -0.2) is 41.4 Å². The number of hydrogen-bond donors (Lipinski definition) is 1. The van der Waals surface area contributed by atoms with E-state index in [-0.39, 0.29) is 24.5 Å². The monoisotopic (exact) mass is 373 g/mol. The van der Waals surface area contributed by atoms with Crippen LogP contribution in [0, 0.1) is 11.8 Å². The van der Waals surface area contributed by atoms with Crippen molar-refractivity contribution in [1.82, 2.24) is 4.90 Å². The summed E-state index contributed by atoms with van der Waals surface area (Å²) < 4.78 is 5.27. The van der Waals surface area contributed by atoms with Gasteiger partial charge in [0.2, 0.25) is 17.4 Å². The predicted octanol–water partition coefficient (Wildman–Crippen LogP) is 1.37. The predicted molar refractivity (Wildman–Crippen MR) is 99.6 cm³/mol. The standard InChI is InChI=1S/C21H28N2O4/c1-6-23-18(24)15-16(19(23)25)21(5,20(26)27-7-2)22-17(15)14-10-8-13(9-11-14)12(3)4/h8-12,15-17,22H,6-7H2,1-5H3/p+1/t15-,16+,17+,21-/m1/s1. The largest absolute Gasteiger partial charge is 0.461 e. The van der Waals surface area contributed by atoms with Crippen molar-refractivity contribution in [2.24, 2.45) is 11.8 Å². The van der Waals surface area contributed by atoms with Gasteiger partial charge in [-0.25, -0.2) is 4.79 Å². The minimum absolute atomic E-state index is 0.185. The lowest BCUT2D eigenvalue weighted by molar-refractivity contribution is -0.731. The molecule has 2 aliphatic heterocycles. The van der Waals surface area contributed by atoms with Crippen LogP contribution in [0.25, 0.3) is 0 Å². The average Bonchev–Trinajstić information content (AvgIpc) is 3.09. The highest BCUT2D eigenvalue weighted by atomic mass is 16.5. The van der Waals surface area contributed by atoms with Crippen LogP contribution in [0.5, 0.6) is 0 Å². The molecule has 1 aromatic rings. The van der Waals surface area contributed by atoms with Crippen molar-refractivity contribution in [3.05, 3.63) is 35.4 Å². The van der Waals surface area contributed by atoms with E-state index in [1.54, 1.807) is 20.8 Å². The fraction of sp³-hybridized carbons (Fsp3) is 0.571. The van der Waals surface area contributed by atoms with E-state index in [2.05, 4.69) is 26.0 Å². The first kappa shape index (κ1) is 19.5. The molecule has 2 fully saturated rings. The fourth-order valence-corrected chi connectivity index (χ4v) is 4.52. The molecule has 0 aromatic heterocycles. The van der Waals surface area contributed by atoms with Gasteiger partial charge in [0, 0.05) is 19.0 Å². The highest BCUT2D eigenvalue weighted by Crippen LogP contribution is 2.44. The molecule has 2 heterocycles. The Hall–Kier alpha value is -2.21. The molecule has 6 nitrogen and oxygen atoms in total.